The number of hydrogen-bond donors (Lipinski definition) is 0. The highest BCUT2D eigenvalue weighted by Gasteiger charge is 2.27. The van der Waals surface area contributed by atoms with Gasteiger partial charge in [0.1, 0.15) is 22.9 Å². The van der Waals surface area contributed by atoms with E-state index in [9.17, 15) is 12.8 Å². The minimum atomic E-state index is -3.50. The molecule has 1 aliphatic heterocycles. The molecule has 3 aromatic heterocycles. The van der Waals surface area contributed by atoms with Crippen LogP contribution in [0.1, 0.15) is 37.2 Å². The lowest BCUT2D eigenvalue weighted by molar-refractivity contribution is 0.166. The van der Waals surface area contributed by atoms with Crippen molar-refractivity contribution in [3.05, 3.63) is 53.7 Å². The maximum atomic E-state index is 14.8. The van der Waals surface area contributed by atoms with Crippen LogP contribution in [0.5, 0.6) is 5.88 Å². The first-order valence-corrected chi connectivity index (χ1v) is 14.6. The number of ether oxygens (including phenoxy) is 1. The lowest BCUT2D eigenvalue weighted by Crippen LogP contribution is -2.39. The van der Waals surface area contributed by atoms with Crippen LogP contribution in [0.2, 0.25) is 0 Å². The van der Waals surface area contributed by atoms with E-state index in [1.54, 1.807) is 5.38 Å². The molecule has 0 radical (unpaired) electrons. The van der Waals surface area contributed by atoms with Crippen LogP contribution in [0.25, 0.3) is 21.3 Å². The summed E-state index contributed by atoms with van der Waals surface area (Å²) < 4.78 is 45.4. The molecule has 0 amide bonds. The fourth-order valence-corrected chi connectivity index (χ4v) is 6.09. The summed E-state index contributed by atoms with van der Waals surface area (Å²) in [5, 5.41) is 1.80. The Labute approximate surface area is 212 Å². The van der Waals surface area contributed by atoms with Gasteiger partial charge in [-0.3, -0.25) is 0 Å². The van der Waals surface area contributed by atoms with Crippen molar-refractivity contribution in [2.45, 2.75) is 42.6 Å². The quantitative estimate of drug-likeness (QED) is 0.360. The molecule has 2 fully saturated rings. The highest BCUT2D eigenvalue weighted by atomic mass is 32.2. The van der Waals surface area contributed by atoms with Gasteiger partial charge in [-0.15, -0.1) is 11.3 Å². The minimum Gasteiger partial charge on any atom is -0.473 e. The number of thiophene rings is 1. The first-order valence-electron chi connectivity index (χ1n) is 11.8. The van der Waals surface area contributed by atoms with Crippen molar-refractivity contribution in [2.75, 3.05) is 24.2 Å². The number of nitrogens with zero attached hydrogens (tertiary/aromatic N) is 5. The van der Waals surface area contributed by atoms with Gasteiger partial charge in [0.25, 0.3) is 0 Å². The highest BCUT2D eigenvalue weighted by Crippen LogP contribution is 2.40. The molecule has 0 N–H and O–H groups in total. The number of piperidine rings is 1. The second kappa shape index (κ2) is 9.04. The molecule has 2 aliphatic rings. The molecule has 4 aromatic rings. The minimum absolute atomic E-state index is 0.0126. The number of sulfone groups is 1. The second-order valence-corrected chi connectivity index (χ2v) is 12.2. The van der Waals surface area contributed by atoms with Crippen LogP contribution in [0, 0.1) is 5.82 Å². The third-order valence-corrected chi connectivity index (χ3v) is 8.76. The fourth-order valence-electron chi connectivity index (χ4n) is 4.50. The number of rotatable bonds is 6. The molecule has 186 valence electrons. The molecule has 0 spiro atoms. The van der Waals surface area contributed by atoms with E-state index in [0.717, 1.165) is 48.9 Å². The van der Waals surface area contributed by atoms with Gasteiger partial charge in [0.2, 0.25) is 11.8 Å². The van der Waals surface area contributed by atoms with Crippen molar-refractivity contribution in [1.29, 1.82) is 0 Å². The summed E-state index contributed by atoms with van der Waals surface area (Å²) in [4.78, 5) is 20.0. The van der Waals surface area contributed by atoms with Crippen LogP contribution in [0.4, 0.5) is 10.3 Å². The van der Waals surface area contributed by atoms with E-state index in [0.29, 0.717) is 28.4 Å². The van der Waals surface area contributed by atoms with E-state index in [1.807, 2.05) is 12.4 Å². The number of anilines is 1. The molecular weight excluding hydrogens is 501 g/mol. The van der Waals surface area contributed by atoms with Crippen molar-refractivity contribution in [1.82, 2.24) is 19.9 Å². The van der Waals surface area contributed by atoms with Gasteiger partial charge >= 0.3 is 0 Å². The van der Waals surface area contributed by atoms with Crippen LogP contribution in [0.15, 0.2) is 47.2 Å². The van der Waals surface area contributed by atoms with Crippen molar-refractivity contribution < 1.29 is 17.5 Å². The van der Waals surface area contributed by atoms with Crippen molar-refractivity contribution >= 4 is 37.3 Å². The first-order chi connectivity index (χ1) is 17.4. The van der Waals surface area contributed by atoms with Crippen molar-refractivity contribution in [3.63, 3.8) is 0 Å². The van der Waals surface area contributed by atoms with E-state index in [4.69, 9.17) is 4.74 Å². The molecule has 1 aromatic carbocycles. The molecule has 1 saturated heterocycles. The van der Waals surface area contributed by atoms with Gasteiger partial charge in [0.15, 0.2) is 9.84 Å². The summed E-state index contributed by atoms with van der Waals surface area (Å²) in [6.45, 7) is 1.57. The Bertz CT molecular complexity index is 1530. The zero-order chi connectivity index (χ0) is 24.9. The third-order valence-electron chi connectivity index (χ3n) is 6.69. The highest BCUT2D eigenvalue weighted by molar-refractivity contribution is 7.90. The molecule has 0 unspecified atom stereocenters. The number of hydrogen-bond acceptors (Lipinski definition) is 9. The summed E-state index contributed by atoms with van der Waals surface area (Å²) >= 11 is 1.38. The number of aromatic nitrogens is 4. The summed E-state index contributed by atoms with van der Waals surface area (Å²) in [7, 11) is -3.50. The van der Waals surface area contributed by atoms with E-state index in [1.165, 1.54) is 48.2 Å². The van der Waals surface area contributed by atoms with Gasteiger partial charge in [-0.25, -0.2) is 32.7 Å². The Kier molecular flexibility index (Phi) is 5.83. The van der Waals surface area contributed by atoms with E-state index < -0.39 is 15.7 Å². The molecule has 1 saturated carbocycles. The second-order valence-electron chi connectivity index (χ2n) is 9.31. The average molecular weight is 526 g/mol. The van der Waals surface area contributed by atoms with Gasteiger partial charge < -0.3 is 9.64 Å². The Morgan fingerprint density at radius 3 is 2.44 bits per heavy atom. The molecular formula is C25H24FN5O3S2. The van der Waals surface area contributed by atoms with Crippen LogP contribution in [0.3, 0.4) is 0 Å². The average Bonchev–Trinajstić information content (AvgIpc) is 3.63. The van der Waals surface area contributed by atoms with Crippen LogP contribution >= 0.6 is 11.3 Å². The van der Waals surface area contributed by atoms with E-state index >= 15 is 0 Å². The normalized spacial score (nSPS) is 17.0. The van der Waals surface area contributed by atoms with Crippen LogP contribution in [-0.4, -0.2) is 53.8 Å². The maximum absolute atomic E-state index is 14.8. The van der Waals surface area contributed by atoms with E-state index in [2.05, 4.69) is 24.8 Å². The maximum Gasteiger partial charge on any atom is 0.235 e. The molecule has 36 heavy (non-hydrogen) atoms. The standard InChI is InChI=1S/C25H24FN5O3S2/c1-36(32,33)18-4-5-19(21(26)10-18)20-13-35-23-22(20)29-14-30-24(23)34-17-6-8-31(9-7-17)25-27-11-16(12-28-25)15-2-3-15/h4-5,10-15,17H,2-3,6-9H2,1H3. The van der Waals surface area contributed by atoms with Gasteiger partial charge in [0.05, 0.1) is 10.4 Å². The molecule has 6 rings (SSSR count). The lowest BCUT2D eigenvalue weighted by atomic mass is 10.1. The molecule has 11 heteroatoms. The van der Waals surface area contributed by atoms with Crippen LogP contribution < -0.4 is 9.64 Å². The zero-order valence-corrected chi connectivity index (χ0v) is 21.2. The lowest BCUT2D eigenvalue weighted by Gasteiger charge is -2.31. The van der Waals surface area contributed by atoms with Crippen molar-refractivity contribution in [2.24, 2.45) is 0 Å². The van der Waals surface area contributed by atoms with Gasteiger partial charge in [0, 0.05) is 61.1 Å². The topological polar surface area (TPSA) is 98.2 Å². The van der Waals surface area contributed by atoms with Crippen LogP contribution in [-0.2, 0) is 9.84 Å². The molecule has 4 heterocycles. The number of benzene rings is 1. The monoisotopic (exact) mass is 525 g/mol. The van der Waals surface area contributed by atoms with Gasteiger partial charge in [-0.2, -0.15) is 0 Å². The Morgan fingerprint density at radius 1 is 1.03 bits per heavy atom. The fraction of sp³-hybridized carbons (Fsp3) is 0.360. The largest absolute Gasteiger partial charge is 0.473 e. The number of halogens is 1. The summed E-state index contributed by atoms with van der Waals surface area (Å²) in [5.74, 6) is 1.27. The summed E-state index contributed by atoms with van der Waals surface area (Å²) in [5.41, 5.74) is 2.68. The predicted octanol–water partition coefficient (Wildman–Crippen LogP) is 4.62. The SMILES string of the molecule is CS(=O)(=O)c1ccc(-c2csc3c(OC4CCN(c5ncc(C6CC6)cn5)CC4)ncnc23)c(F)c1. The summed E-state index contributed by atoms with van der Waals surface area (Å²) in [6, 6.07) is 3.93. The molecule has 0 bridgehead atoms. The third kappa shape index (κ3) is 4.53. The van der Waals surface area contributed by atoms with Gasteiger partial charge in [-0.05, 0) is 36.5 Å². The Hall–Kier alpha value is -3.18. The smallest absolute Gasteiger partial charge is 0.235 e. The summed E-state index contributed by atoms with van der Waals surface area (Å²) in [6.07, 6.45) is 10.4. The Balaban J connectivity index is 1.17. The van der Waals surface area contributed by atoms with Gasteiger partial charge in [-0.1, -0.05) is 6.07 Å². The number of fused-ring (bicyclic) bond motifs is 1. The molecule has 8 nitrogen and oxygen atoms in total. The molecule has 1 aliphatic carbocycles. The van der Waals surface area contributed by atoms with E-state index in [-0.39, 0.29) is 11.0 Å². The Morgan fingerprint density at radius 2 is 1.78 bits per heavy atom. The first kappa shape index (κ1) is 23.2. The molecule has 0 atom stereocenters. The predicted molar refractivity (Wildman–Crippen MR) is 136 cm³/mol. The van der Waals surface area contributed by atoms with Crippen molar-refractivity contribution in [3.8, 4) is 17.0 Å². The zero-order valence-electron chi connectivity index (χ0n) is 19.6.